The number of aryl methyl sites for hydroxylation is 2. The molecule has 6 nitrogen and oxygen atoms in total. The highest BCUT2D eigenvalue weighted by atomic mass is 19.4. The summed E-state index contributed by atoms with van der Waals surface area (Å²) in [4.78, 5) is 30.6. The number of carbonyl (C=O) groups excluding carboxylic acids is 1. The predicted molar refractivity (Wildman–Crippen MR) is 93.1 cm³/mol. The molecule has 9 heteroatoms. The van der Waals surface area contributed by atoms with Crippen molar-refractivity contribution in [1.29, 1.82) is 0 Å². The molecule has 2 aromatic heterocycles. The van der Waals surface area contributed by atoms with Gasteiger partial charge < -0.3 is 10.3 Å². The van der Waals surface area contributed by atoms with Crippen molar-refractivity contribution in [2.45, 2.75) is 20.0 Å². The number of pyridine rings is 1. The van der Waals surface area contributed by atoms with E-state index in [1.54, 1.807) is 31.2 Å². The summed E-state index contributed by atoms with van der Waals surface area (Å²) in [6, 6.07) is 8.46. The second-order valence-corrected chi connectivity index (χ2v) is 5.87. The average molecular weight is 376 g/mol. The van der Waals surface area contributed by atoms with Crippen molar-refractivity contribution in [2.75, 3.05) is 5.32 Å². The number of para-hydroxylation sites is 2. The Balaban J connectivity index is 1.96. The summed E-state index contributed by atoms with van der Waals surface area (Å²) in [5, 5.41) is 2.63. The van der Waals surface area contributed by atoms with Gasteiger partial charge in [0.15, 0.2) is 0 Å². The summed E-state index contributed by atoms with van der Waals surface area (Å²) < 4.78 is 39.6. The average Bonchev–Trinajstić information content (AvgIpc) is 2.93. The van der Waals surface area contributed by atoms with Gasteiger partial charge in [-0.05, 0) is 38.1 Å². The Hall–Kier alpha value is -3.36. The maximum atomic E-state index is 12.7. The topological polar surface area (TPSA) is 79.8 Å². The molecular weight excluding hydrogens is 361 g/mol. The van der Waals surface area contributed by atoms with Crippen molar-refractivity contribution in [3.8, 4) is 5.69 Å². The molecule has 0 saturated heterocycles. The van der Waals surface area contributed by atoms with Crippen LogP contribution in [-0.4, -0.2) is 20.4 Å². The lowest BCUT2D eigenvalue weighted by Crippen LogP contribution is -2.20. The lowest BCUT2D eigenvalue weighted by Gasteiger charge is -2.14. The van der Waals surface area contributed by atoms with Crippen LogP contribution in [0.15, 0.2) is 47.4 Å². The standard InChI is InChI=1S/C18H15F3N4O2/c1-10-9-22-17(27)25(10)14-6-4-3-5-13(14)24-16(26)12-7-8-15(18(19,20)21)23-11(12)2/h3-9H,1-2H3,(H,22,27)(H,24,26). The molecule has 0 unspecified atom stereocenters. The summed E-state index contributed by atoms with van der Waals surface area (Å²) >= 11 is 0. The lowest BCUT2D eigenvalue weighted by atomic mass is 10.1. The van der Waals surface area contributed by atoms with E-state index >= 15 is 0 Å². The van der Waals surface area contributed by atoms with Crippen LogP contribution in [-0.2, 0) is 6.18 Å². The number of halogens is 3. The third kappa shape index (κ3) is 3.62. The number of rotatable bonds is 3. The molecule has 0 aliphatic rings. The van der Waals surface area contributed by atoms with E-state index in [1.165, 1.54) is 17.7 Å². The molecule has 2 heterocycles. The number of benzene rings is 1. The molecule has 0 saturated carbocycles. The number of carbonyl (C=O) groups is 1. The Kier molecular flexibility index (Phi) is 4.61. The highest BCUT2D eigenvalue weighted by Crippen LogP contribution is 2.28. The number of alkyl halides is 3. The summed E-state index contributed by atoms with van der Waals surface area (Å²) in [6.07, 6.45) is -3.05. The Bertz CT molecular complexity index is 1070. The van der Waals surface area contributed by atoms with Gasteiger partial charge in [-0.3, -0.25) is 9.36 Å². The van der Waals surface area contributed by atoms with E-state index in [4.69, 9.17) is 0 Å². The molecule has 0 aliphatic heterocycles. The first-order valence-electron chi connectivity index (χ1n) is 7.91. The van der Waals surface area contributed by atoms with Gasteiger partial charge in [-0.15, -0.1) is 0 Å². The van der Waals surface area contributed by atoms with Crippen molar-refractivity contribution in [2.24, 2.45) is 0 Å². The first kappa shape index (κ1) is 18.4. The van der Waals surface area contributed by atoms with Crippen LogP contribution < -0.4 is 11.0 Å². The van der Waals surface area contributed by atoms with Crippen LogP contribution in [0.4, 0.5) is 18.9 Å². The Labute approximate surface area is 151 Å². The molecule has 0 atom stereocenters. The molecule has 3 aromatic rings. The molecule has 27 heavy (non-hydrogen) atoms. The van der Waals surface area contributed by atoms with Crippen molar-refractivity contribution in [3.05, 3.63) is 75.7 Å². The largest absolute Gasteiger partial charge is 0.433 e. The third-order valence-corrected chi connectivity index (χ3v) is 3.97. The van der Waals surface area contributed by atoms with Crippen molar-refractivity contribution < 1.29 is 18.0 Å². The second-order valence-electron chi connectivity index (χ2n) is 5.87. The smallest absolute Gasteiger partial charge is 0.320 e. The van der Waals surface area contributed by atoms with Gasteiger partial charge in [-0.25, -0.2) is 9.78 Å². The van der Waals surface area contributed by atoms with Crippen molar-refractivity contribution in [3.63, 3.8) is 0 Å². The number of anilines is 1. The first-order chi connectivity index (χ1) is 12.7. The Morgan fingerprint density at radius 2 is 1.85 bits per heavy atom. The zero-order valence-corrected chi connectivity index (χ0v) is 14.4. The molecular formula is C18H15F3N4O2. The van der Waals surface area contributed by atoms with Crippen LogP contribution >= 0.6 is 0 Å². The molecule has 0 radical (unpaired) electrons. The number of imidazole rings is 1. The van der Waals surface area contributed by atoms with Crippen LogP contribution in [0.2, 0.25) is 0 Å². The second kappa shape index (κ2) is 6.75. The fraction of sp³-hybridized carbons (Fsp3) is 0.167. The molecule has 0 bridgehead atoms. The minimum absolute atomic E-state index is 0.0101. The summed E-state index contributed by atoms with van der Waals surface area (Å²) in [7, 11) is 0. The first-order valence-corrected chi connectivity index (χ1v) is 7.91. The molecule has 0 fully saturated rings. The van der Waals surface area contributed by atoms with Crippen LogP contribution in [0.1, 0.15) is 27.4 Å². The fourth-order valence-corrected chi connectivity index (χ4v) is 2.68. The van der Waals surface area contributed by atoms with Crippen LogP contribution in [0.3, 0.4) is 0 Å². The van der Waals surface area contributed by atoms with Gasteiger partial charge in [-0.2, -0.15) is 13.2 Å². The zero-order valence-electron chi connectivity index (χ0n) is 14.4. The molecule has 2 N–H and O–H groups in total. The van der Waals surface area contributed by atoms with E-state index in [-0.39, 0.29) is 16.9 Å². The number of nitrogens with zero attached hydrogens (tertiary/aromatic N) is 2. The summed E-state index contributed by atoms with van der Waals surface area (Å²) in [5.74, 6) is -0.623. The molecule has 0 aliphatic carbocycles. The van der Waals surface area contributed by atoms with Gasteiger partial charge in [0, 0.05) is 11.9 Å². The number of aromatic amines is 1. The molecule has 1 aromatic carbocycles. The number of nitrogens with one attached hydrogen (secondary N) is 2. The highest BCUT2D eigenvalue weighted by Gasteiger charge is 2.33. The third-order valence-electron chi connectivity index (χ3n) is 3.97. The number of aromatic nitrogens is 3. The lowest BCUT2D eigenvalue weighted by molar-refractivity contribution is -0.141. The van der Waals surface area contributed by atoms with Gasteiger partial charge in [0.2, 0.25) is 0 Å². The monoisotopic (exact) mass is 376 g/mol. The van der Waals surface area contributed by atoms with E-state index in [9.17, 15) is 22.8 Å². The van der Waals surface area contributed by atoms with E-state index in [0.717, 1.165) is 12.1 Å². The van der Waals surface area contributed by atoms with Gasteiger partial charge in [0.25, 0.3) is 5.91 Å². The van der Waals surface area contributed by atoms with Crippen molar-refractivity contribution >= 4 is 11.6 Å². The van der Waals surface area contributed by atoms with Crippen LogP contribution in [0, 0.1) is 13.8 Å². The van der Waals surface area contributed by atoms with Crippen LogP contribution in [0.5, 0.6) is 0 Å². The van der Waals surface area contributed by atoms with E-state index in [2.05, 4.69) is 15.3 Å². The zero-order chi connectivity index (χ0) is 19.8. The number of hydrogen-bond acceptors (Lipinski definition) is 3. The highest BCUT2D eigenvalue weighted by molar-refractivity contribution is 6.06. The van der Waals surface area contributed by atoms with Gasteiger partial charge in [0.05, 0.1) is 22.6 Å². The SMILES string of the molecule is Cc1nc(C(F)(F)F)ccc1C(=O)Nc1ccccc1-n1c(C)c[nH]c1=O. The predicted octanol–water partition coefficient (Wildman–Crippen LogP) is 3.45. The number of amides is 1. The molecule has 140 valence electrons. The van der Waals surface area contributed by atoms with E-state index in [1.807, 2.05) is 0 Å². The van der Waals surface area contributed by atoms with E-state index in [0.29, 0.717) is 17.1 Å². The van der Waals surface area contributed by atoms with Gasteiger partial charge in [0.1, 0.15) is 5.69 Å². The normalized spacial score (nSPS) is 11.4. The summed E-state index contributed by atoms with van der Waals surface area (Å²) in [5.41, 5.74) is -0.0634. The minimum Gasteiger partial charge on any atom is -0.320 e. The van der Waals surface area contributed by atoms with Crippen LogP contribution in [0.25, 0.3) is 5.69 Å². The number of hydrogen-bond donors (Lipinski definition) is 2. The van der Waals surface area contributed by atoms with Gasteiger partial charge >= 0.3 is 11.9 Å². The van der Waals surface area contributed by atoms with Crippen molar-refractivity contribution in [1.82, 2.24) is 14.5 Å². The summed E-state index contributed by atoms with van der Waals surface area (Å²) in [6.45, 7) is 3.05. The maximum absolute atomic E-state index is 12.7. The molecule has 3 rings (SSSR count). The Morgan fingerprint density at radius 1 is 1.15 bits per heavy atom. The minimum atomic E-state index is -4.58. The maximum Gasteiger partial charge on any atom is 0.433 e. The van der Waals surface area contributed by atoms with E-state index < -0.39 is 17.8 Å². The molecule has 1 amide bonds. The quantitative estimate of drug-likeness (QED) is 0.735. The Morgan fingerprint density at radius 3 is 2.44 bits per heavy atom. The molecule has 0 spiro atoms. The van der Waals surface area contributed by atoms with Gasteiger partial charge in [-0.1, -0.05) is 12.1 Å². The number of H-pyrrole nitrogens is 1. The fourth-order valence-electron chi connectivity index (χ4n) is 2.68.